The maximum Gasteiger partial charge on any atom is 2.00 e. The van der Waals surface area contributed by atoms with E-state index in [9.17, 15) is 39.6 Å². The van der Waals surface area contributed by atoms with Crippen molar-refractivity contribution in [3.63, 3.8) is 0 Å². The van der Waals surface area contributed by atoms with Crippen LogP contribution in [0.2, 0.25) is 0 Å². The van der Waals surface area contributed by atoms with E-state index in [1.165, 1.54) is 0 Å². The number of carbonyl (C=O) groups is 4. The fraction of sp³-hybridized carbons (Fsp3) is 0.155. The number of hydrogen-bond donors (Lipinski definition) is 6. The van der Waals surface area contributed by atoms with Crippen LogP contribution in [0.1, 0.15) is 105 Å². The summed E-state index contributed by atoms with van der Waals surface area (Å²) in [6.45, 7) is 0. The summed E-state index contributed by atoms with van der Waals surface area (Å²) >= 11 is 0. The zero-order chi connectivity index (χ0) is 52.6. The van der Waals surface area contributed by atoms with E-state index in [0.29, 0.717) is 123 Å². The molecule has 0 atom stereocenters. The molecule has 0 saturated carbocycles. The Morgan fingerprint density at radius 3 is 1.30 bits per heavy atom. The zero-order valence-corrected chi connectivity index (χ0v) is 44.3. The van der Waals surface area contributed by atoms with Crippen LogP contribution in [0.5, 0.6) is 0 Å². The van der Waals surface area contributed by atoms with Gasteiger partial charge >= 0.3 is 43.4 Å². The summed E-state index contributed by atoms with van der Waals surface area (Å²) in [6, 6.07) is 16.6. The molecule has 0 saturated heterocycles. The number of aliphatic carboxylic acids is 4. The van der Waals surface area contributed by atoms with Crippen LogP contribution in [-0.4, -0.2) is 83.8 Å². The van der Waals surface area contributed by atoms with E-state index in [4.69, 9.17) is 29.9 Å². The number of carboxylic acid groups (broad SMARTS) is 4. The Bertz CT molecular complexity index is 3960. The van der Waals surface area contributed by atoms with Gasteiger partial charge in [-0.15, -0.1) is 22.1 Å². The minimum absolute atomic E-state index is 0. The number of H-pyrrole nitrogens is 2. The molecule has 0 unspecified atom stereocenters. The second-order valence-corrected chi connectivity index (χ2v) is 18.3. The third-order valence-corrected chi connectivity index (χ3v) is 13.3. The van der Waals surface area contributed by atoms with Gasteiger partial charge in [0.1, 0.15) is 5.82 Å². The first-order valence-electron chi connectivity index (χ1n) is 24.3. The van der Waals surface area contributed by atoms with Crippen molar-refractivity contribution in [2.75, 3.05) is 0 Å². The average molecular weight is 1070 g/mol. The van der Waals surface area contributed by atoms with E-state index in [-0.39, 0.29) is 70.8 Å². The first-order chi connectivity index (χ1) is 36.8. The third-order valence-electron chi connectivity index (χ3n) is 13.3. The number of imidazole rings is 1. The summed E-state index contributed by atoms with van der Waals surface area (Å²) in [5.74, 6) is 3.41. The molecule has 0 radical (unpaired) electrons. The van der Waals surface area contributed by atoms with Crippen LogP contribution in [0, 0.1) is 11.8 Å². The van der Waals surface area contributed by atoms with E-state index in [1.807, 2.05) is 84.6 Å². The largest absolute Gasteiger partial charge is 2.00 e. The molecule has 0 fully saturated rings. The van der Waals surface area contributed by atoms with Gasteiger partial charge in [0.15, 0.2) is 0 Å². The standard InChI is InChI=1S/C58H46N10O8.Zn/c1-68-29-28-59-58(68)57-51-22-20-49(66-51)37(8-26-55(73)74)47-18-14-43(64-47)34(44-15-19-48(65-44)38(9-27-56(75)76)50-21-23-52(57)67-50)5-4-33-41-12-16-45(62-41)35(6-24-53(69)70)39-10-2-31(60-39)30-32-3-11-40(61-32)36(7-25-54(71)72)46-17-13-42(33)63-46;/h2-3,10-23,28-30H,6-9,24-27H2,1H3,(H8,59,60,61,62,63,64,65,66,67,69,70,71,72,73,74,75,76);/q;+2/p-2. The number of fused-ring (bicyclic) bond motifs is 16. The fourth-order valence-corrected chi connectivity index (χ4v) is 9.64. The fourth-order valence-electron chi connectivity index (χ4n) is 9.64. The summed E-state index contributed by atoms with van der Waals surface area (Å²) in [4.78, 5) is 90.3. The minimum Gasteiger partial charge on any atom is -0.657 e. The second-order valence-electron chi connectivity index (χ2n) is 18.3. The maximum atomic E-state index is 12.1. The van der Waals surface area contributed by atoms with Gasteiger partial charge in [0, 0.05) is 78.3 Å². The molecule has 376 valence electrons. The van der Waals surface area contributed by atoms with Crippen molar-refractivity contribution >= 4 is 117 Å². The molecule has 7 aromatic heterocycles. The molecule has 4 aliphatic rings. The molecule has 0 spiro atoms. The Kier molecular flexibility index (Phi) is 14.1. The van der Waals surface area contributed by atoms with Crippen LogP contribution >= 0.6 is 0 Å². The van der Waals surface area contributed by atoms with Crippen molar-refractivity contribution in [2.45, 2.75) is 51.4 Å². The summed E-state index contributed by atoms with van der Waals surface area (Å²) in [7, 11) is 1.86. The number of hydrogen-bond acceptors (Lipinski definition) is 9. The van der Waals surface area contributed by atoms with Gasteiger partial charge in [0.05, 0.1) is 56.7 Å². The first-order valence-corrected chi connectivity index (χ1v) is 24.3. The molecule has 0 aromatic carbocycles. The Balaban J connectivity index is 0.00000672. The van der Waals surface area contributed by atoms with Crippen molar-refractivity contribution in [1.82, 2.24) is 49.4 Å². The van der Waals surface area contributed by atoms with Gasteiger partial charge in [-0.2, -0.15) is 0 Å². The first kappa shape index (κ1) is 51.0. The van der Waals surface area contributed by atoms with Gasteiger partial charge in [-0.1, -0.05) is 36.1 Å². The molecule has 4 aliphatic heterocycles. The van der Waals surface area contributed by atoms with Crippen molar-refractivity contribution in [1.29, 1.82) is 0 Å². The predicted octanol–water partition coefficient (Wildman–Crippen LogP) is 8.75. The molecule has 7 aromatic rings. The molecule has 77 heavy (non-hydrogen) atoms. The normalized spacial score (nSPS) is 12.1. The Morgan fingerprint density at radius 2 is 0.870 bits per heavy atom. The summed E-state index contributed by atoms with van der Waals surface area (Å²) in [5, 5.41) is 39.5. The topological polar surface area (TPSA) is 278 Å². The number of nitrogens with one attached hydrogen (secondary N) is 2. The number of carboxylic acids is 4. The third kappa shape index (κ3) is 10.6. The molecule has 0 amide bonds. The summed E-state index contributed by atoms with van der Waals surface area (Å²) in [5.41, 5.74) is 12.4. The van der Waals surface area contributed by atoms with Gasteiger partial charge in [0.25, 0.3) is 0 Å². The van der Waals surface area contributed by atoms with Crippen LogP contribution in [0.3, 0.4) is 0 Å². The predicted molar refractivity (Wildman–Crippen MR) is 288 cm³/mol. The van der Waals surface area contributed by atoms with Crippen molar-refractivity contribution in [3.05, 3.63) is 146 Å². The number of aromatic amines is 2. The number of rotatable bonds is 13. The zero-order valence-electron chi connectivity index (χ0n) is 41.3. The molecule has 19 heteroatoms. The maximum absolute atomic E-state index is 12.1. The molecule has 18 nitrogen and oxygen atoms in total. The second kappa shape index (κ2) is 21.4. The molecule has 16 bridgehead atoms. The van der Waals surface area contributed by atoms with Crippen molar-refractivity contribution in [3.8, 4) is 23.2 Å². The van der Waals surface area contributed by atoms with Gasteiger partial charge in [-0.05, 0) is 121 Å². The van der Waals surface area contributed by atoms with E-state index in [1.54, 1.807) is 42.6 Å². The van der Waals surface area contributed by atoms with Gasteiger partial charge in [-0.3, -0.25) is 19.2 Å². The van der Waals surface area contributed by atoms with Crippen LogP contribution in [0.4, 0.5) is 0 Å². The van der Waals surface area contributed by atoms with Gasteiger partial charge in [0.2, 0.25) is 0 Å². The van der Waals surface area contributed by atoms with Crippen LogP contribution in [0.15, 0.2) is 67.0 Å². The van der Waals surface area contributed by atoms with E-state index in [2.05, 4.69) is 26.8 Å². The quantitative estimate of drug-likeness (QED) is 0.0465. The van der Waals surface area contributed by atoms with E-state index in [0.717, 1.165) is 11.0 Å². The van der Waals surface area contributed by atoms with Gasteiger partial charge < -0.3 is 44.9 Å². The van der Waals surface area contributed by atoms with Crippen molar-refractivity contribution < 1.29 is 59.1 Å². The monoisotopic (exact) mass is 1070 g/mol. The summed E-state index contributed by atoms with van der Waals surface area (Å²) in [6.07, 6.45) is 17.8. The van der Waals surface area contributed by atoms with Crippen LogP contribution < -0.4 is 9.97 Å². The molecular formula is C58H44N10O8Zn. The average Bonchev–Trinajstić information content (AvgIpc) is 4.25. The number of aryl methyl sites for hydroxylation is 5. The van der Waals surface area contributed by atoms with Crippen molar-refractivity contribution in [2.24, 2.45) is 7.05 Å². The molecule has 11 heterocycles. The Morgan fingerprint density at radius 1 is 0.494 bits per heavy atom. The minimum atomic E-state index is -1.000. The van der Waals surface area contributed by atoms with Crippen LogP contribution in [0.25, 0.3) is 104 Å². The van der Waals surface area contributed by atoms with Gasteiger partial charge in [-0.25, -0.2) is 24.9 Å². The molecule has 6 N–H and O–H groups in total. The smallest absolute Gasteiger partial charge is 0.657 e. The van der Waals surface area contributed by atoms with E-state index < -0.39 is 23.9 Å². The number of aromatic nitrogens is 10. The Labute approximate surface area is 450 Å². The SMILES string of the molecule is Cn1ccnc1-c1c2nc(c(CCC(=O)O)c3ccc([n-]3)c(C#Cc3c4nc(c(CCC(=O)O)c5ccc(cc6ccc([nH]6)c(CCC(=O)O)c6nc3C=C6)[nH]5)C=C4)c3ccc([n-]3)c(CCC(=O)O)c3nc1C=C3)C=C2.[Zn+2]. The van der Waals surface area contributed by atoms with Crippen LogP contribution in [-0.2, 0) is 71.4 Å². The molecule has 11 rings (SSSR count). The molecular weight excluding hydrogens is 1030 g/mol. The number of nitrogens with zero attached hydrogens (tertiary/aromatic N) is 8. The summed E-state index contributed by atoms with van der Waals surface area (Å²) < 4.78 is 1.85. The molecule has 0 aliphatic carbocycles. The Hall–Kier alpha value is -9.53. The van der Waals surface area contributed by atoms with E-state index >= 15 is 0 Å².